The molecule has 178 valence electrons. The van der Waals surface area contributed by atoms with Crippen LogP contribution in [0.3, 0.4) is 0 Å². The third kappa shape index (κ3) is 5.99. The first kappa shape index (κ1) is 24.3. The fourth-order valence-corrected chi connectivity index (χ4v) is 4.09. The second kappa shape index (κ2) is 12.0. The van der Waals surface area contributed by atoms with Crippen LogP contribution in [0.1, 0.15) is 28.3 Å². The van der Waals surface area contributed by atoms with E-state index in [4.69, 9.17) is 4.74 Å². The van der Waals surface area contributed by atoms with Gasteiger partial charge in [0.1, 0.15) is 5.75 Å². The first-order valence-corrected chi connectivity index (χ1v) is 11.7. The number of urea groups is 1. The van der Waals surface area contributed by atoms with Gasteiger partial charge in [-0.2, -0.15) is 5.26 Å². The molecule has 1 N–H and O–H groups in total. The third-order valence-electron chi connectivity index (χ3n) is 5.78. The molecule has 0 heterocycles. The largest absolute Gasteiger partial charge is 0.496 e. The van der Waals surface area contributed by atoms with Crippen LogP contribution in [0, 0.1) is 11.3 Å². The van der Waals surface area contributed by atoms with E-state index in [0.717, 1.165) is 22.4 Å². The van der Waals surface area contributed by atoms with Crippen LogP contribution in [0.5, 0.6) is 5.75 Å². The molecule has 36 heavy (non-hydrogen) atoms. The second-order valence-electron chi connectivity index (χ2n) is 8.14. The summed E-state index contributed by atoms with van der Waals surface area (Å²) in [5.41, 5.74) is 3.97. The quantitative estimate of drug-likeness (QED) is 0.303. The van der Waals surface area contributed by atoms with Gasteiger partial charge in [0, 0.05) is 17.8 Å². The molecule has 0 radical (unpaired) electrons. The van der Waals surface area contributed by atoms with Gasteiger partial charge in [-0.05, 0) is 35.4 Å². The molecule has 0 bridgehead atoms. The molecule has 0 aliphatic rings. The van der Waals surface area contributed by atoms with E-state index >= 15 is 0 Å². The van der Waals surface area contributed by atoms with Crippen molar-refractivity contribution in [3.63, 3.8) is 0 Å². The lowest BCUT2D eigenvalue weighted by atomic mass is 9.97. The number of carbonyl (C=O) groups excluding carboxylic acids is 1. The zero-order chi connectivity index (χ0) is 25.2. The van der Waals surface area contributed by atoms with Crippen LogP contribution >= 0.6 is 0 Å². The van der Waals surface area contributed by atoms with E-state index in [9.17, 15) is 10.1 Å². The van der Waals surface area contributed by atoms with Gasteiger partial charge in [-0.25, -0.2) is 4.79 Å². The maximum absolute atomic E-state index is 13.7. The van der Waals surface area contributed by atoms with E-state index in [-0.39, 0.29) is 12.1 Å². The molecular formula is C31H27N3O2. The Morgan fingerprint density at radius 2 is 1.56 bits per heavy atom. The maximum Gasteiger partial charge on any atom is 0.322 e. The molecule has 0 atom stereocenters. The van der Waals surface area contributed by atoms with Crippen molar-refractivity contribution in [2.45, 2.75) is 6.04 Å². The first-order valence-electron chi connectivity index (χ1n) is 11.7. The van der Waals surface area contributed by atoms with Gasteiger partial charge in [0.25, 0.3) is 0 Å². The van der Waals surface area contributed by atoms with E-state index < -0.39 is 0 Å². The number of hydrogen-bond acceptors (Lipinski definition) is 3. The Kier molecular flexibility index (Phi) is 8.14. The fraction of sp³-hybridized carbons (Fsp3) is 0.0968. The van der Waals surface area contributed by atoms with E-state index in [2.05, 4.69) is 11.4 Å². The molecule has 5 heteroatoms. The lowest BCUT2D eigenvalue weighted by Crippen LogP contribution is -2.39. The van der Waals surface area contributed by atoms with Crippen molar-refractivity contribution in [3.8, 4) is 11.8 Å². The number of rotatable bonds is 8. The summed E-state index contributed by atoms with van der Waals surface area (Å²) in [5, 5.41) is 12.3. The van der Waals surface area contributed by atoms with Crippen molar-refractivity contribution in [2.24, 2.45) is 0 Å². The minimum absolute atomic E-state index is 0.271. The number of carbonyl (C=O) groups is 1. The van der Waals surface area contributed by atoms with Crippen LogP contribution in [0.2, 0.25) is 0 Å². The number of anilines is 1. The molecule has 0 saturated heterocycles. The van der Waals surface area contributed by atoms with Crippen molar-refractivity contribution >= 4 is 17.8 Å². The Hall–Kier alpha value is -4.82. The number of nitriles is 1. The van der Waals surface area contributed by atoms with Crippen molar-refractivity contribution in [1.29, 1.82) is 5.26 Å². The predicted molar refractivity (Wildman–Crippen MR) is 144 cm³/mol. The Morgan fingerprint density at radius 1 is 0.917 bits per heavy atom. The van der Waals surface area contributed by atoms with Gasteiger partial charge in [-0.15, -0.1) is 0 Å². The number of ether oxygens (including phenoxy) is 1. The maximum atomic E-state index is 13.7. The number of para-hydroxylation sites is 1. The zero-order valence-electron chi connectivity index (χ0n) is 20.0. The fourth-order valence-electron chi connectivity index (χ4n) is 4.09. The van der Waals surface area contributed by atoms with Gasteiger partial charge in [0.05, 0.1) is 24.8 Å². The predicted octanol–water partition coefficient (Wildman–Crippen LogP) is 6.90. The molecule has 4 rings (SSSR count). The topological polar surface area (TPSA) is 65.4 Å². The smallest absolute Gasteiger partial charge is 0.322 e. The summed E-state index contributed by atoms with van der Waals surface area (Å²) >= 11 is 0. The molecule has 4 aromatic carbocycles. The van der Waals surface area contributed by atoms with Crippen LogP contribution < -0.4 is 10.1 Å². The summed E-state index contributed by atoms with van der Waals surface area (Å²) < 4.78 is 5.47. The summed E-state index contributed by atoms with van der Waals surface area (Å²) in [6, 6.07) is 36.1. The highest BCUT2D eigenvalue weighted by Gasteiger charge is 2.26. The molecule has 0 spiro atoms. The standard InChI is InChI=1S/C31H27N3O2/c1-36-29-20-9-8-13-25(29)18-11-21-34(31(35)33-28-19-10-12-24(22-28)23-32)30(26-14-4-2-5-15-26)27-16-6-3-7-17-27/h2-20,22,30H,21H2,1H3,(H,33,35)/b18-11+. The first-order chi connectivity index (χ1) is 17.7. The number of nitrogens with zero attached hydrogens (tertiary/aromatic N) is 2. The molecule has 0 aromatic heterocycles. The summed E-state index contributed by atoms with van der Waals surface area (Å²) in [4.78, 5) is 15.5. The van der Waals surface area contributed by atoms with Crippen molar-refractivity contribution in [2.75, 3.05) is 19.0 Å². The Bertz CT molecular complexity index is 1320. The molecule has 4 aromatic rings. The Morgan fingerprint density at radius 3 is 2.19 bits per heavy atom. The molecule has 5 nitrogen and oxygen atoms in total. The lowest BCUT2D eigenvalue weighted by molar-refractivity contribution is 0.205. The molecular weight excluding hydrogens is 446 g/mol. The number of hydrogen-bond donors (Lipinski definition) is 1. The van der Waals surface area contributed by atoms with Crippen LogP contribution in [-0.4, -0.2) is 24.6 Å². The number of benzene rings is 4. The average molecular weight is 474 g/mol. The highest BCUT2D eigenvalue weighted by atomic mass is 16.5. The van der Waals surface area contributed by atoms with Gasteiger partial charge in [-0.3, -0.25) is 0 Å². The molecule has 0 unspecified atom stereocenters. The van der Waals surface area contributed by atoms with E-state index in [1.807, 2.05) is 97.1 Å². The number of methoxy groups -OCH3 is 1. The van der Waals surface area contributed by atoms with E-state index in [1.165, 1.54) is 0 Å². The van der Waals surface area contributed by atoms with Gasteiger partial charge in [0.15, 0.2) is 0 Å². The highest BCUT2D eigenvalue weighted by molar-refractivity contribution is 5.90. The molecule has 2 amide bonds. The van der Waals surface area contributed by atoms with Gasteiger partial charge < -0.3 is 15.0 Å². The Labute approximate surface area is 211 Å². The summed E-state index contributed by atoms with van der Waals surface area (Å²) in [7, 11) is 1.64. The minimum Gasteiger partial charge on any atom is -0.496 e. The molecule has 0 saturated carbocycles. The van der Waals surface area contributed by atoms with Crippen molar-refractivity contribution in [1.82, 2.24) is 4.90 Å². The summed E-state index contributed by atoms with van der Waals surface area (Å²) in [6.45, 7) is 0.344. The monoisotopic (exact) mass is 473 g/mol. The van der Waals surface area contributed by atoms with Crippen LogP contribution in [0.15, 0.2) is 115 Å². The highest BCUT2D eigenvalue weighted by Crippen LogP contribution is 2.30. The SMILES string of the molecule is COc1ccccc1/C=C/CN(C(=O)Nc1cccc(C#N)c1)C(c1ccccc1)c1ccccc1. The number of amides is 2. The second-order valence-corrected chi connectivity index (χ2v) is 8.14. The third-order valence-corrected chi connectivity index (χ3v) is 5.78. The lowest BCUT2D eigenvalue weighted by Gasteiger charge is -2.32. The van der Waals surface area contributed by atoms with Crippen LogP contribution in [-0.2, 0) is 0 Å². The van der Waals surface area contributed by atoms with Gasteiger partial charge in [-0.1, -0.05) is 97.1 Å². The van der Waals surface area contributed by atoms with Gasteiger partial charge >= 0.3 is 6.03 Å². The number of nitrogens with one attached hydrogen (secondary N) is 1. The van der Waals surface area contributed by atoms with Crippen LogP contribution in [0.4, 0.5) is 10.5 Å². The zero-order valence-corrected chi connectivity index (χ0v) is 20.0. The summed E-state index contributed by atoms with van der Waals surface area (Å²) in [5.74, 6) is 0.765. The Balaban J connectivity index is 1.71. The van der Waals surface area contributed by atoms with E-state index in [1.54, 1.807) is 36.3 Å². The van der Waals surface area contributed by atoms with Gasteiger partial charge in [0.2, 0.25) is 0 Å². The van der Waals surface area contributed by atoms with Crippen LogP contribution in [0.25, 0.3) is 6.08 Å². The van der Waals surface area contributed by atoms with E-state index in [0.29, 0.717) is 17.8 Å². The van der Waals surface area contributed by atoms with Crippen molar-refractivity contribution in [3.05, 3.63) is 138 Å². The summed E-state index contributed by atoms with van der Waals surface area (Å²) in [6.07, 6.45) is 3.92. The normalized spacial score (nSPS) is 10.7. The molecule has 0 aliphatic carbocycles. The molecule has 0 fully saturated rings. The van der Waals surface area contributed by atoms with Crippen molar-refractivity contribution < 1.29 is 9.53 Å². The minimum atomic E-state index is -0.325. The average Bonchev–Trinajstić information content (AvgIpc) is 2.94. The molecule has 0 aliphatic heterocycles.